The number of ether oxygens (including phenoxy) is 1. The monoisotopic (exact) mass is 486 g/mol. The van der Waals surface area contributed by atoms with Gasteiger partial charge in [0.1, 0.15) is 5.75 Å². The lowest BCUT2D eigenvalue weighted by molar-refractivity contribution is -0.131. The normalized spacial score (nSPS) is 19.4. The Hall–Kier alpha value is -2.85. The van der Waals surface area contributed by atoms with Crippen molar-refractivity contribution in [2.24, 2.45) is 0 Å². The third kappa shape index (κ3) is 4.77. The van der Waals surface area contributed by atoms with Crippen molar-refractivity contribution in [3.8, 4) is 5.75 Å². The molecule has 2 aliphatic rings. The van der Waals surface area contributed by atoms with Crippen molar-refractivity contribution < 1.29 is 19.1 Å². The number of fused-ring (bicyclic) bond motifs is 2. The van der Waals surface area contributed by atoms with Crippen LogP contribution >= 0.6 is 23.1 Å². The van der Waals surface area contributed by atoms with E-state index in [0.717, 1.165) is 27.5 Å². The molecular formula is C23H26N4O4S2. The molecule has 0 spiro atoms. The van der Waals surface area contributed by atoms with Crippen LogP contribution in [0.3, 0.4) is 0 Å². The molecule has 2 unspecified atom stereocenters. The molecule has 2 aliphatic heterocycles. The van der Waals surface area contributed by atoms with Crippen LogP contribution in [0.2, 0.25) is 0 Å². The average molecular weight is 487 g/mol. The van der Waals surface area contributed by atoms with E-state index in [1.807, 2.05) is 28.9 Å². The standard InChI is InChI=1S/C23H26N4O4S2/c1-5-20(29)27-15-6-7-16(27)12-26(11-15)22(30)17-9-19(13(2)8-18(17)31-4)32-21-10-24-23(33-21)25-14(3)28/h5,8-10,15-16H,1,6-7,11-12H2,2-4H3,(H,24,25,28). The summed E-state index contributed by atoms with van der Waals surface area (Å²) >= 11 is 2.87. The Morgan fingerprint density at radius 1 is 1.27 bits per heavy atom. The highest BCUT2D eigenvalue weighted by atomic mass is 32.2. The molecule has 4 rings (SSSR count). The number of benzene rings is 1. The molecule has 2 atom stereocenters. The Morgan fingerprint density at radius 3 is 2.58 bits per heavy atom. The third-order valence-corrected chi connectivity index (χ3v) is 8.08. The highest BCUT2D eigenvalue weighted by Gasteiger charge is 2.43. The second kappa shape index (κ2) is 9.56. The van der Waals surface area contributed by atoms with Gasteiger partial charge in [0.25, 0.3) is 5.91 Å². The molecule has 0 saturated carbocycles. The number of amides is 3. The van der Waals surface area contributed by atoms with Gasteiger partial charge in [-0.3, -0.25) is 14.4 Å². The molecule has 1 aromatic carbocycles. The Balaban J connectivity index is 1.57. The summed E-state index contributed by atoms with van der Waals surface area (Å²) in [6.07, 6.45) is 4.84. The van der Waals surface area contributed by atoms with Crippen molar-refractivity contribution in [3.05, 3.63) is 42.1 Å². The van der Waals surface area contributed by atoms with Crippen LogP contribution < -0.4 is 10.1 Å². The van der Waals surface area contributed by atoms with E-state index < -0.39 is 0 Å². The average Bonchev–Trinajstić information content (AvgIpc) is 3.33. The smallest absolute Gasteiger partial charge is 0.257 e. The van der Waals surface area contributed by atoms with Gasteiger partial charge >= 0.3 is 0 Å². The molecule has 3 heterocycles. The van der Waals surface area contributed by atoms with Crippen LogP contribution in [0.1, 0.15) is 35.7 Å². The first kappa shape index (κ1) is 23.3. The third-order valence-electron chi connectivity index (χ3n) is 5.90. The van der Waals surface area contributed by atoms with E-state index >= 15 is 0 Å². The summed E-state index contributed by atoms with van der Waals surface area (Å²) in [6, 6.07) is 3.78. The topological polar surface area (TPSA) is 91.8 Å². The number of hydrogen-bond donors (Lipinski definition) is 1. The number of thiazole rings is 1. The Kier molecular flexibility index (Phi) is 6.76. The minimum Gasteiger partial charge on any atom is -0.496 e. The van der Waals surface area contributed by atoms with E-state index in [-0.39, 0.29) is 29.8 Å². The van der Waals surface area contributed by atoms with Crippen LogP contribution in [0.5, 0.6) is 5.75 Å². The largest absolute Gasteiger partial charge is 0.496 e. The van der Waals surface area contributed by atoms with E-state index in [4.69, 9.17) is 4.74 Å². The molecule has 174 valence electrons. The molecule has 0 radical (unpaired) electrons. The second-order valence-electron chi connectivity index (χ2n) is 8.13. The fourth-order valence-corrected chi connectivity index (χ4v) is 6.42. The van der Waals surface area contributed by atoms with Gasteiger partial charge in [0, 0.05) is 24.9 Å². The van der Waals surface area contributed by atoms with Crippen molar-refractivity contribution in [1.29, 1.82) is 0 Å². The van der Waals surface area contributed by atoms with Crippen molar-refractivity contribution >= 4 is 46.0 Å². The van der Waals surface area contributed by atoms with Gasteiger partial charge in [-0.1, -0.05) is 29.7 Å². The lowest BCUT2D eigenvalue weighted by atomic mass is 10.1. The summed E-state index contributed by atoms with van der Waals surface area (Å²) in [5.41, 5.74) is 1.48. The summed E-state index contributed by atoms with van der Waals surface area (Å²) in [4.78, 5) is 45.9. The number of carbonyl (C=O) groups is 3. The van der Waals surface area contributed by atoms with Crippen LogP contribution in [0.4, 0.5) is 5.13 Å². The zero-order valence-electron chi connectivity index (χ0n) is 18.8. The van der Waals surface area contributed by atoms with E-state index in [1.165, 1.54) is 36.1 Å². The molecule has 1 N–H and O–H groups in total. The molecule has 10 heteroatoms. The first-order chi connectivity index (χ1) is 15.8. The summed E-state index contributed by atoms with van der Waals surface area (Å²) in [7, 11) is 1.56. The van der Waals surface area contributed by atoms with E-state index in [1.54, 1.807) is 13.3 Å². The molecular weight excluding hydrogens is 460 g/mol. The number of likely N-dealkylation sites (tertiary alicyclic amines) is 1. The summed E-state index contributed by atoms with van der Waals surface area (Å²) in [5.74, 6) is 0.198. The van der Waals surface area contributed by atoms with Gasteiger partial charge in [0.2, 0.25) is 11.8 Å². The summed E-state index contributed by atoms with van der Waals surface area (Å²) in [6.45, 7) is 8.03. The number of aryl methyl sites for hydroxylation is 1. The maximum absolute atomic E-state index is 13.5. The Morgan fingerprint density at radius 2 is 1.97 bits per heavy atom. The van der Waals surface area contributed by atoms with Gasteiger partial charge in [0.15, 0.2) is 5.13 Å². The number of rotatable bonds is 6. The molecule has 33 heavy (non-hydrogen) atoms. The number of hydrogen-bond acceptors (Lipinski definition) is 7. The number of anilines is 1. The molecule has 2 saturated heterocycles. The summed E-state index contributed by atoms with van der Waals surface area (Å²) in [5, 5.41) is 3.22. The van der Waals surface area contributed by atoms with E-state index in [0.29, 0.717) is 29.5 Å². The van der Waals surface area contributed by atoms with Gasteiger partial charge < -0.3 is 19.9 Å². The van der Waals surface area contributed by atoms with Gasteiger partial charge in [-0.15, -0.1) is 0 Å². The van der Waals surface area contributed by atoms with E-state index in [2.05, 4.69) is 16.9 Å². The number of nitrogens with one attached hydrogen (secondary N) is 1. The van der Waals surface area contributed by atoms with Gasteiger partial charge in [-0.05, 0) is 43.5 Å². The lowest BCUT2D eigenvalue weighted by Crippen LogP contribution is -2.56. The van der Waals surface area contributed by atoms with Crippen LogP contribution in [-0.4, -0.2) is 64.8 Å². The molecule has 0 aliphatic carbocycles. The minimum absolute atomic E-state index is 0.0212. The highest BCUT2D eigenvalue weighted by molar-refractivity contribution is 8.01. The Labute approximate surface area is 201 Å². The van der Waals surface area contributed by atoms with E-state index in [9.17, 15) is 14.4 Å². The molecule has 2 bridgehead atoms. The van der Waals surface area contributed by atoms with Gasteiger partial charge in [0.05, 0.1) is 35.2 Å². The van der Waals surface area contributed by atoms with Crippen LogP contribution in [0.25, 0.3) is 0 Å². The second-order valence-corrected chi connectivity index (χ2v) is 10.5. The fourth-order valence-electron chi connectivity index (χ4n) is 4.44. The number of piperazine rings is 1. The number of carbonyl (C=O) groups excluding carboxylic acids is 3. The minimum atomic E-state index is -0.168. The number of aromatic nitrogens is 1. The maximum Gasteiger partial charge on any atom is 0.257 e. The maximum atomic E-state index is 13.5. The van der Waals surface area contributed by atoms with Crippen LogP contribution in [-0.2, 0) is 9.59 Å². The first-order valence-corrected chi connectivity index (χ1v) is 12.3. The number of methoxy groups -OCH3 is 1. The fraction of sp³-hybridized carbons (Fsp3) is 0.391. The predicted octanol–water partition coefficient (Wildman–Crippen LogP) is 3.57. The lowest BCUT2D eigenvalue weighted by Gasteiger charge is -2.40. The predicted molar refractivity (Wildman–Crippen MR) is 128 cm³/mol. The van der Waals surface area contributed by atoms with Crippen molar-refractivity contribution in [1.82, 2.24) is 14.8 Å². The zero-order valence-corrected chi connectivity index (χ0v) is 20.4. The number of nitrogens with zero attached hydrogens (tertiary/aromatic N) is 3. The van der Waals surface area contributed by atoms with Crippen molar-refractivity contribution in [2.45, 2.75) is 47.9 Å². The zero-order chi connectivity index (χ0) is 23.7. The SMILES string of the molecule is C=CC(=O)N1C2CCC1CN(C(=O)c1cc(Sc3cnc(NC(C)=O)s3)c(C)cc1OC)C2. The van der Waals surface area contributed by atoms with Crippen molar-refractivity contribution in [3.63, 3.8) is 0 Å². The van der Waals surface area contributed by atoms with Gasteiger partial charge in [-0.25, -0.2) is 4.98 Å². The quantitative estimate of drug-likeness (QED) is 0.628. The molecule has 2 fully saturated rings. The molecule has 1 aromatic heterocycles. The Bertz CT molecular complexity index is 1100. The molecule has 3 amide bonds. The van der Waals surface area contributed by atoms with Crippen LogP contribution in [0, 0.1) is 6.92 Å². The molecule has 2 aromatic rings. The van der Waals surface area contributed by atoms with Crippen LogP contribution in [0.15, 0.2) is 40.1 Å². The highest BCUT2D eigenvalue weighted by Crippen LogP contribution is 2.39. The first-order valence-electron chi connectivity index (χ1n) is 10.6. The van der Waals surface area contributed by atoms with Crippen molar-refractivity contribution in [2.75, 3.05) is 25.5 Å². The molecule has 8 nitrogen and oxygen atoms in total. The van der Waals surface area contributed by atoms with Gasteiger partial charge in [-0.2, -0.15) is 0 Å². The summed E-state index contributed by atoms with van der Waals surface area (Å²) < 4.78 is 6.45.